The average molecular weight is 231 g/mol. The molecule has 2 saturated heterocycles. The van der Waals surface area contributed by atoms with Gasteiger partial charge in [0.1, 0.15) is 0 Å². The largest absolute Gasteiger partial charge is 0.379 e. The lowest BCUT2D eigenvalue weighted by Gasteiger charge is -2.49. The lowest BCUT2D eigenvalue weighted by atomic mass is 9.65. The van der Waals surface area contributed by atoms with E-state index in [2.05, 4.69) is 36.5 Å². The van der Waals surface area contributed by atoms with Gasteiger partial charge in [0.2, 0.25) is 0 Å². The fourth-order valence-corrected chi connectivity index (χ4v) is 3.29. The highest BCUT2D eigenvalue weighted by molar-refractivity contribution is 5.33. The Morgan fingerprint density at radius 3 is 2.59 bits per heavy atom. The second-order valence-electron chi connectivity index (χ2n) is 5.54. The zero-order valence-electron chi connectivity index (χ0n) is 10.5. The van der Waals surface area contributed by atoms with Crippen molar-refractivity contribution in [3.05, 3.63) is 35.4 Å². The van der Waals surface area contributed by atoms with Crippen LogP contribution in [0.25, 0.3) is 0 Å². The van der Waals surface area contributed by atoms with Gasteiger partial charge in [-0.25, -0.2) is 0 Å². The number of piperidine rings is 1. The van der Waals surface area contributed by atoms with Gasteiger partial charge in [-0.2, -0.15) is 0 Å². The minimum atomic E-state index is 0.314. The molecule has 0 amide bonds. The highest BCUT2D eigenvalue weighted by Crippen LogP contribution is 2.43. The van der Waals surface area contributed by atoms with Crippen molar-refractivity contribution in [2.24, 2.45) is 5.92 Å². The van der Waals surface area contributed by atoms with E-state index < -0.39 is 0 Å². The number of hydrogen-bond donors (Lipinski definition) is 1. The molecule has 0 atom stereocenters. The van der Waals surface area contributed by atoms with Gasteiger partial charge in [-0.1, -0.05) is 29.8 Å². The first-order chi connectivity index (χ1) is 8.31. The Morgan fingerprint density at radius 2 is 2.00 bits per heavy atom. The van der Waals surface area contributed by atoms with Crippen molar-refractivity contribution in [3.8, 4) is 0 Å². The summed E-state index contributed by atoms with van der Waals surface area (Å²) in [6.07, 6.45) is 2.58. The first-order valence-corrected chi connectivity index (χ1v) is 6.67. The summed E-state index contributed by atoms with van der Waals surface area (Å²) in [5.74, 6) is 0.791. The van der Waals surface area contributed by atoms with Crippen LogP contribution in [0, 0.1) is 12.8 Å². The molecule has 17 heavy (non-hydrogen) atoms. The summed E-state index contributed by atoms with van der Waals surface area (Å²) in [4.78, 5) is 0. The van der Waals surface area contributed by atoms with Crippen LogP contribution < -0.4 is 5.32 Å². The van der Waals surface area contributed by atoms with E-state index >= 15 is 0 Å². The van der Waals surface area contributed by atoms with E-state index in [9.17, 15) is 0 Å². The lowest BCUT2D eigenvalue weighted by Crippen LogP contribution is -2.54. The zero-order chi connectivity index (χ0) is 11.7. The number of rotatable bonds is 2. The summed E-state index contributed by atoms with van der Waals surface area (Å²) in [6, 6.07) is 9.01. The summed E-state index contributed by atoms with van der Waals surface area (Å²) < 4.78 is 5.57. The topological polar surface area (TPSA) is 21.3 Å². The van der Waals surface area contributed by atoms with Crippen molar-refractivity contribution >= 4 is 0 Å². The van der Waals surface area contributed by atoms with E-state index in [-0.39, 0.29) is 0 Å². The maximum atomic E-state index is 5.57. The predicted octanol–water partition coefficient (Wildman–Crippen LogP) is 2.26. The van der Waals surface area contributed by atoms with Crippen LogP contribution in [-0.4, -0.2) is 26.3 Å². The molecule has 0 radical (unpaired) electrons. The molecule has 2 fully saturated rings. The zero-order valence-corrected chi connectivity index (χ0v) is 10.5. The van der Waals surface area contributed by atoms with Crippen LogP contribution in [-0.2, 0) is 10.2 Å². The van der Waals surface area contributed by atoms with Gasteiger partial charge >= 0.3 is 0 Å². The monoisotopic (exact) mass is 231 g/mol. The van der Waals surface area contributed by atoms with Gasteiger partial charge in [-0.15, -0.1) is 0 Å². The molecule has 0 aromatic heterocycles. The average Bonchev–Trinajstić information content (AvgIpc) is 2.29. The van der Waals surface area contributed by atoms with Crippen molar-refractivity contribution in [2.45, 2.75) is 25.2 Å². The van der Waals surface area contributed by atoms with Gasteiger partial charge < -0.3 is 10.1 Å². The minimum Gasteiger partial charge on any atom is -0.379 e. The van der Waals surface area contributed by atoms with Crippen LogP contribution in [0.1, 0.15) is 24.0 Å². The molecule has 0 spiro atoms. The van der Waals surface area contributed by atoms with E-state index in [4.69, 9.17) is 4.74 Å². The number of benzene rings is 1. The molecule has 1 N–H and O–H groups in total. The van der Waals surface area contributed by atoms with Gasteiger partial charge in [0, 0.05) is 5.41 Å². The fourth-order valence-electron chi connectivity index (χ4n) is 3.29. The molecule has 2 heterocycles. The second kappa shape index (κ2) is 4.43. The highest BCUT2D eigenvalue weighted by Gasteiger charge is 2.46. The third kappa shape index (κ3) is 1.90. The first kappa shape index (κ1) is 11.2. The maximum Gasteiger partial charge on any atom is 0.0588 e. The molecule has 1 aromatic carbocycles. The molecule has 0 saturated carbocycles. The quantitative estimate of drug-likeness (QED) is 0.843. The molecule has 2 nitrogen and oxygen atoms in total. The molecular formula is C15H21NO. The van der Waals surface area contributed by atoms with Crippen molar-refractivity contribution in [3.63, 3.8) is 0 Å². The molecule has 1 aromatic rings. The summed E-state index contributed by atoms with van der Waals surface area (Å²) in [5.41, 5.74) is 3.17. The second-order valence-corrected chi connectivity index (χ2v) is 5.54. The Kier molecular flexibility index (Phi) is 2.93. The first-order valence-electron chi connectivity index (χ1n) is 6.67. The van der Waals surface area contributed by atoms with Crippen LogP contribution in [0.3, 0.4) is 0 Å². The van der Waals surface area contributed by atoms with E-state index in [0.717, 1.165) is 32.2 Å². The Labute approximate surface area is 103 Å². The summed E-state index contributed by atoms with van der Waals surface area (Å²) in [6.45, 7) is 6.35. The molecule has 2 aliphatic rings. The van der Waals surface area contributed by atoms with E-state index in [1.54, 1.807) is 0 Å². The maximum absolute atomic E-state index is 5.57. The number of hydrogen-bond acceptors (Lipinski definition) is 2. The normalized spacial score (nSPS) is 24.3. The van der Waals surface area contributed by atoms with Gasteiger partial charge in [0.15, 0.2) is 0 Å². The Hall–Kier alpha value is -0.860. The molecule has 0 bridgehead atoms. The van der Waals surface area contributed by atoms with Crippen molar-refractivity contribution < 1.29 is 4.74 Å². The van der Waals surface area contributed by atoms with Crippen molar-refractivity contribution in [1.29, 1.82) is 0 Å². The molecule has 92 valence electrons. The van der Waals surface area contributed by atoms with Crippen LogP contribution >= 0.6 is 0 Å². The molecule has 2 aliphatic heterocycles. The third-order valence-electron chi connectivity index (χ3n) is 4.43. The van der Waals surface area contributed by atoms with Gasteiger partial charge in [-0.05, 0) is 44.3 Å². The number of nitrogens with one attached hydrogen (secondary N) is 1. The molecule has 0 aliphatic carbocycles. The Bertz CT molecular complexity index is 392. The van der Waals surface area contributed by atoms with Gasteiger partial charge in [-0.3, -0.25) is 0 Å². The van der Waals surface area contributed by atoms with Crippen molar-refractivity contribution in [2.75, 3.05) is 26.3 Å². The number of ether oxygens (including phenoxy) is 1. The van der Waals surface area contributed by atoms with Gasteiger partial charge in [0.25, 0.3) is 0 Å². The molecular weight excluding hydrogens is 210 g/mol. The minimum absolute atomic E-state index is 0.314. The fraction of sp³-hybridized carbons (Fsp3) is 0.600. The standard InChI is InChI=1S/C15H21NO/c1-12-3-2-4-14(9-12)15(10-17-11-15)13-5-7-16-8-6-13/h2-4,9,13,16H,5-8,10-11H2,1H3. The smallest absolute Gasteiger partial charge is 0.0588 e. The summed E-state index contributed by atoms with van der Waals surface area (Å²) in [5, 5.41) is 3.46. The van der Waals surface area contributed by atoms with Gasteiger partial charge in [0.05, 0.1) is 13.2 Å². The van der Waals surface area contributed by atoms with E-state index in [1.807, 2.05) is 0 Å². The molecule has 3 rings (SSSR count). The Morgan fingerprint density at radius 1 is 1.24 bits per heavy atom. The van der Waals surface area contributed by atoms with E-state index in [0.29, 0.717) is 5.41 Å². The lowest BCUT2D eigenvalue weighted by molar-refractivity contribution is -0.0964. The van der Waals surface area contributed by atoms with Crippen LogP contribution in [0.15, 0.2) is 24.3 Å². The van der Waals surface area contributed by atoms with E-state index in [1.165, 1.54) is 24.0 Å². The summed E-state index contributed by atoms with van der Waals surface area (Å²) in [7, 11) is 0. The van der Waals surface area contributed by atoms with Crippen LogP contribution in [0.5, 0.6) is 0 Å². The van der Waals surface area contributed by atoms with Crippen molar-refractivity contribution in [1.82, 2.24) is 5.32 Å². The number of aryl methyl sites for hydroxylation is 1. The Balaban J connectivity index is 1.90. The predicted molar refractivity (Wildman–Crippen MR) is 69.3 cm³/mol. The molecule has 2 heteroatoms. The highest BCUT2D eigenvalue weighted by atomic mass is 16.5. The van der Waals surface area contributed by atoms with Crippen LogP contribution in [0.2, 0.25) is 0 Å². The third-order valence-corrected chi connectivity index (χ3v) is 4.43. The molecule has 0 unspecified atom stereocenters. The SMILES string of the molecule is Cc1cccc(C2(C3CCNCC3)COC2)c1. The van der Waals surface area contributed by atoms with Crippen LogP contribution in [0.4, 0.5) is 0 Å². The summed E-state index contributed by atoms with van der Waals surface area (Å²) >= 11 is 0.